The molecule has 2 saturated heterocycles. The molecule has 0 aromatic heterocycles. The van der Waals surface area contributed by atoms with Crippen LogP contribution < -0.4 is 0 Å². The third kappa shape index (κ3) is 4.07. The zero-order valence-electron chi connectivity index (χ0n) is 19.3. The molecule has 3 aliphatic rings. The quantitative estimate of drug-likeness (QED) is 0.657. The Labute approximate surface area is 189 Å². The Bertz CT molecular complexity index is 898. The number of benzene rings is 1. The van der Waals surface area contributed by atoms with Gasteiger partial charge in [0.2, 0.25) is 17.7 Å². The lowest BCUT2D eigenvalue weighted by atomic mass is 9.75. The number of carbonyl (C=O) groups excluding carboxylic acids is 3. The van der Waals surface area contributed by atoms with E-state index in [9.17, 15) is 18.8 Å². The molecule has 1 aliphatic carbocycles. The molecule has 0 N–H and O–H groups in total. The number of hydrogen-bond acceptors (Lipinski definition) is 4. The van der Waals surface area contributed by atoms with Crippen LogP contribution in [0.5, 0.6) is 0 Å². The average Bonchev–Trinajstić information content (AvgIpc) is 3.34. The first-order chi connectivity index (χ1) is 15.2. The molecule has 0 unspecified atom stereocenters. The number of piperazine rings is 1. The minimum Gasteiger partial charge on any atom is -0.337 e. The third-order valence-corrected chi connectivity index (χ3v) is 7.58. The second-order valence-electron chi connectivity index (χ2n) is 10.1. The highest BCUT2D eigenvalue weighted by molar-refractivity contribution is 6.11. The SMILES string of the molecule is CC(C)[C@H]1CN(C)CCN1C(=O)C[C@]1(c2cccc(F)c2)CC(=O)N(C2CCCC2)C1=O. The van der Waals surface area contributed by atoms with Gasteiger partial charge in [-0.25, -0.2) is 4.39 Å². The monoisotopic (exact) mass is 443 g/mol. The molecular weight excluding hydrogens is 409 g/mol. The molecule has 0 spiro atoms. The first-order valence-electron chi connectivity index (χ1n) is 11.8. The predicted molar refractivity (Wildman–Crippen MR) is 119 cm³/mol. The lowest BCUT2D eigenvalue weighted by Gasteiger charge is -2.43. The molecule has 1 aromatic rings. The second-order valence-corrected chi connectivity index (χ2v) is 10.1. The molecule has 2 atom stereocenters. The summed E-state index contributed by atoms with van der Waals surface area (Å²) in [6.45, 7) is 6.32. The Morgan fingerprint density at radius 2 is 1.91 bits per heavy atom. The summed E-state index contributed by atoms with van der Waals surface area (Å²) in [6.07, 6.45) is 3.42. The molecule has 4 rings (SSSR count). The fraction of sp³-hybridized carbons (Fsp3) is 0.640. The Morgan fingerprint density at radius 3 is 2.56 bits per heavy atom. The van der Waals surface area contributed by atoms with Gasteiger partial charge in [0.05, 0.1) is 5.41 Å². The number of halogens is 1. The van der Waals surface area contributed by atoms with E-state index in [1.807, 2.05) is 11.9 Å². The van der Waals surface area contributed by atoms with E-state index in [0.29, 0.717) is 12.1 Å². The van der Waals surface area contributed by atoms with Crippen LogP contribution in [0.25, 0.3) is 0 Å². The highest BCUT2D eigenvalue weighted by Crippen LogP contribution is 2.43. The first-order valence-corrected chi connectivity index (χ1v) is 11.8. The van der Waals surface area contributed by atoms with Crippen molar-refractivity contribution < 1.29 is 18.8 Å². The Balaban J connectivity index is 1.69. The number of nitrogens with zero attached hydrogens (tertiary/aromatic N) is 3. The number of hydrogen-bond donors (Lipinski definition) is 0. The molecule has 32 heavy (non-hydrogen) atoms. The van der Waals surface area contributed by atoms with Crippen LogP contribution >= 0.6 is 0 Å². The second kappa shape index (κ2) is 8.93. The summed E-state index contributed by atoms with van der Waals surface area (Å²) in [5.41, 5.74) is -0.899. The van der Waals surface area contributed by atoms with Crippen molar-refractivity contribution in [2.24, 2.45) is 5.92 Å². The highest BCUT2D eigenvalue weighted by Gasteiger charge is 2.56. The fourth-order valence-electron chi connectivity index (χ4n) is 5.74. The molecular formula is C25H34FN3O3. The number of rotatable bonds is 5. The van der Waals surface area contributed by atoms with Gasteiger partial charge in [0, 0.05) is 44.6 Å². The molecule has 0 radical (unpaired) electrons. The lowest BCUT2D eigenvalue weighted by Crippen LogP contribution is -2.57. The van der Waals surface area contributed by atoms with Gasteiger partial charge in [-0.15, -0.1) is 0 Å². The summed E-state index contributed by atoms with van der Waals surface area (Å²) in [6, 6.07) is 5.82. The summed E-state index contributed by atoms with van der Waals surface area (Å²) in [4.78, 5) is 46.1. The van der Waals surface area contributed by atoms with E-state index in [4.69, 9.17) is 0 Å². The Morgan fingerprint density at radius 1 is 1.19 bits per heavy atom. The molecule has 1 saturated carbocycles. The predicted octanol–water partition coefficient (Wildman–Crippen LogP) is 2.95. The van der Waals surface area contributed by atoms with Crippen molar-refractivity contribution in [3.63, 3.8) is 0 Å². The van der Waals surface area contributed by atoms with Crippen molar-refractivity contribution in [2.75, 3.05) is 26.7 Å². The normalized spacial score (nSPS) is 27.7. The summed E-state index contributed by atoms with van der Waals surface area (Å²) >= 11 is 0. The van der Waals surface area contributed by atoms with Crippen molar-refractivity contribution >= 4 is 17.7 Å². The number of carbonyl (C=O) groups is 3. The van der Waals surface area contributed by atoms with Crippen molar-refractivity contribution in [1.29, 1.82) is 0 Å². The van der Waals surface area contributed by atoms with Crippen LogP contribution in [0, 0.1) is 11.7 Å². The molecule has 174 valence electrons. The van der Waals surface area contributed by atoms with E-state index in [1.165, 1.54) is 17.0 Å². The van der Waals surface area contributed by atoms with Gasteiger partial charge in [0.25, 0.3) is 0 Å². The van der Waals surface area contributed by atoms with Crippen molar-refractivity contribution in [1.82, 2.24) is 14.7 Å². The van der Waals surface area contributed by atoms with E-state index >= 15 is 0 Å². The van der Waals surface area contributed by atoms with E-state index in [0.717, 1.165) is 38.8 Å². The summed E-state index contributed by atoms with van der Waals surface area (Å²) in [5, 5.41) is 0. The van der Waals surface area contributed by atoms with Crippen LogP contribution in [0.15, 0.2) is 24.3 Å². The summed E-state index contributed by atoms with van der Waals surface area (Å²) in [5.74, 6) is -0.895. The number of likely N-dealkylation sites (tertiary alicyclic amines) is 1. The standard InChI is InChI=1S/C25H34FN3O3/c1-17(2)21-16-27(3)11-12-28(21)22(30)14-25(18-7-6-8-19(26)13-18)15-23(31)29(24(25)32)20-9-4-5-10-20/h6-8,13,17,20-21H,4-5,9-12,14-16H2,1-3H3/t21-,25-/m1/s1. The summed E-state index contributed by atoms with van der Waals surface area (Å²) < 4.78 is 14.2. The maximum atomic E-state index is 14.2. The molecule has 0 bridgehead atoms. The van der Waals surface area contributed by atoms with Gasteiger partial charge in [-0.1, -0.05) is 38.8 Å². The number of imide groups is 1. The van der Waals surface area contributed by atoms with Gasteiger partial charge in [0.15, 0.2) is 0 Å². The minimum atomic E-state index is -1.33. The molecule has 1 aromatic carbocycles. The van der Waals surface area contributed by atoms with E-state index < -0.39 is 11.2 Å². The van der Waals surface area contributed by atoms with Crippen molar-refractivity contribution in [3.05, 3.63) is 35.6 Å². The van der Waals surface area contributed by atoms with Crippen LogP contribution in [0.2, 0.25) is 0 Å². The van der Waals surface area contributed by atoms with Gasteiger partial charge in [-0.2, -0.15) is 0 Å². The fourth-order valence-corrected chi connectivity index (χ4v) is 5.74. The maximum Gasteiger partial charge on any atom is 0.241 e. The summed E-state index contributed by atoms with van der Waals surface area (Å²) in [7, 11) is 2.05. The van der Waals surface area contributed by atoms with Crippen LogP contribution in [0.3, 0.4) is 0 Å². The molecule has 6 nitrogen and oxygen atoms in total. The van der Waals surface area contributed by atoms with Gasteiger partial charge >= 0.3 is 0 Å². The van der Waals surface area contributed by atoms with Gasteiger partial charge in [-0.05, 0) is 43.5 Å². The van der Waals surface area contributed by atoms with E-state index in [2.05, 4.69) is 18.7 Å². The molecule has 2 aliphatic heterocycles. The maximum absolute atomic E-state index is 14.2. The van der Waals surface area contributed by atoms with Crippen LogP contribution in [0.1, 0.15) is 57.9 Å². The van der Waals surface area contributed by atoms with E-state index in [-0.39, 0.29) is 48.6 Å². The van der Waals surface area contributed by atoms with Gasteiger partial charge in [-0.3, -0.25) is 19.3 Å². The van der Waals surface area contributed by atoms with Crippen LogP contribution in [-0.4, -0.2) is 71.2 Å². The smallest absolute Gasteiger partial charge is 0.241 e. The lowest BCUT2D eigenvalue weighted by molar-refractivity contribution is -0.146. The Kier molecular flexibility index (Phi) is 6.39. The van der Waals surface area contributed by atoms with Gasteiger partial charge in [0.1, 0.15) is 5.82 Å². The van der Waals surface area contributed by atoms with Crippen molar-refractivity contribution in [3.8, 4) is 0 Å². The third-order valence-electron chi connectivity index (χ3n) is 7.58. The average molecular weight is 444 g/mol. The highest BCUT2D eigenvalue weighted by atomic mass is 19.1. The topological polar surface area (TPSA) is 60.9 Å². The number of amides is 3. The van der Waals surface area contributed by atoms with Crippen molar-refractivity contribution in [2.45, 2.75) is 69.9 Å². The zero-order chi connectivity index (χ0) is 23.0. The molecule has 3 fully saturated rings. The minimum absolute atomic E-state index is 0.0453. The van der Waals surface area contributed by atoms with Crippen LogP contribution in [0.4, 0.5) is 4.39 Å². The van der Waals surface area contributed by atoms with E-state index in [1.54, 1.807) is 12.1 Å². The molecule has 2 heterocycles. The number of likely N-dealkylation sites (N-methyl/N-ethyl adjacent to an activating group) is 1. The van der Waals surface area contributed by atoms with Gasteiger partial charge < -0.3 is 9.80 Å². The zero-order valence-corrected chi connectivity index (χ0v) is 19.3. The molecule has 7 heteroatoms. The Hall–Kier alpha value is -2.28. The first kappa shape index (κ1) is 22.9. The largest absolute Gasteiger partial charge is 0.337 e. The van der Waals surface area contributed by atoms with Crippen LogP contribution in [-0.2, 0) is 19.8 Å². The molecule has 3 amide bonds.